The minimum atomic E-state index is 0. The standard InChI is InChI=1S/C13H24N2O.ClH/c1-12(2)10(13(12,3)4)11(16)15-9-6-5-7-14-8-9;/h9-10,14H,5-8H2,1-4H3,(H,15,16);1H. The summed E-state index contributed by atoms with van der Waals surface area (Å²) in [6.07, 6.45) is 2.29. The van der Waals surface area contributed by atoms with Crippen molar-refractivity contribution in [2.24, 2.45) is 16.7 Å². The Morgan fingerprint density at radius 3 is 2.24 bits per heavy atom. The van der Waals surface area contributed by atoms with Crippen LogP contribution in [0.1, 0.15) is 40.5 Å². The number of carbonyl (C=O) groups is 1. The van der Waals surface area contributed by atoms with Gasteiger partial charge in [0.15, 0.2) is 0 Å². The fourth-order valence-electron chi connectivity index (χ4n) is 3.11. The summed E-state index contributed by atoms with van der Waals surface area (Å²) < 4.78 is 0. The molecule has 1 aliphatic heterocycles. The van der Waals surface area contributed by atoms with Gasteiger partial charge in [0.05, 0.1) is 0 Å². The Bertz CT molecular complexity index is 282. The Kier molecular flexibility index (Phi) is 4.15. The number of nitrogens with one attached hydrogen (secondary N) is 2. The summed E-state index contributed by atoms with van der Waals surface area (Å²) in [5, 5.41) is 6.52. The van der Waals surface area contributed by atoms with Crippen molar-refractivity contribution >= 4 is 18.3 Å². The van der Waals surface area contributed by atoms with E-state index in [0.717, 1.165) is 19.5 Å². The number of piperidine rings is 1. The van der Waals surface area contributed by atoms with Crippen LogP contribution in [0.2, 0.25) is 0 Å². The van der Waals surface area contributed by atoms with Crippen LogP contribution < -0.4 is 10.6 Å². The highest BCUT2D eigenvalue weighted by Crippen LogP contribution is 2.68. The third-order valence-corrected chi connectivity index (χ3v) is 4.93. The molecule has 1 saturated heterocycles. The van der Waals surface area contributed by atoms with Crippen LogP contribution in [0.5, 0.6) is 0 Å². The minimum absolute atomic E-state index is 0. The summed E-state index contributed by atoms with van der Waals surface area (Å²) in [4.78, 5) is 12.2. The Balaban J connectivity index is 0.00000144. The predicted octanol–water partition coefficient (Wildman–Crippen LogP) is 1.96. The number of halogens is 1. The fourth-order valence-corrected chi connectivity index (χ4v) is 3.11. The summed E-state index contributed by atoms with van der Waals surface area (Å²) in [6, 6.07) is 0.341. The lowest BCUT2D eigenvalue weighted by molar-refractivity contribution is -0.124. The molecule has 2 aliphatic rings. The van der Waals surface area contributed by atoms with Crippen molar-refractivity contribution in [2.45, 2.75) is 46.6 Å². The molecule has 2 N–H and O–H groups in total. The van der Waals surface area contributed by atoms with E-state index >= 15 is 0 Å². The molecule has 0 radical (unpaired) electrons. The van der Waals surface area contributed by atoms with E-state index in [2.05, 4.69) is 38.3 Å². The lowest BCUT2D eigenvalue weighted by atomic mass is 10.0. The van der Waals surface area contributed by atoms with Crippen LogP contribution in [0.3, 0.4) is 0 Å². The molecule has 0 aromatic carbocycles. The van der Waals surface area contributed by atoms with Crippen molar-refractivity contribution in [3.8, 4) is 0 Å². The lowest BCUT2D eigenvalue weighted by Gasteiger charge is -2.24. The van der Waals surface area contributed by atoms with E-state index < -0.39 is 0 Å². The van der Waals surface area contributed by atoms with E-state index in [1.54, 1.807) is 0 Å². The van der Waals surface area contributed by atoms with Gasteiger partial charge in [0.1, 0.15) is 0 Å². The third kappa shape index (κ3) is 2.45. The Hall–Kier alpha value is -0.280. The number of hydrogen-bond donors (Lipinski definition) is 2. The maximum absolute atomic E-state index is 12.2. The van der Waals surface area contributed by atoms with E-state index in [0.29, 0.717) is 6.04 Å². The molecule has 2 rings (SSSR count). The molecule has 1 unspecified atom stereocenters. The molecule has 1 saturated carbocycles. The van der Waals surface area contributed by atoms with Gasteiger partial charge in [-0.3, -0.25) is 4.79 Å². The molecule has 100 valence electrons. The molecule has 17 heavy (non-hydrogen) atoms. The summed E-state index contributed by atoms with van der Waals surface area (Å²) in [6.45, 7) is 10.8. The van der Waals surface area contributed by atoms with Gasteiger partial charge in [0.2, 0.25) is 5.91 Å². The summed E-state index contributed by atoms with van der Waals surface area (Å²) in [5.41, 5.74) is 0.304. The molecule has 3 nitrogen and oxygen atoms in total. The normalized spacial score (nSPS) is 30.2. The van der Waals surface area contributed by atoms with Crippen molar-refractivity contribution in [2.75, 3.05) is 13.1 Å². The first kappa shape index (κ1) is 14.8. The molecule has 0 aromatic rings. The van der Waals surface area contributed by atoms with Crippen LogP contribution in [0.4, 0.5) is 0 Å². The van der Waals surface area contributed by atoms with Crippen LogP contribution in [0, 0.1) is 16.7 Å². The number of carbonyl (C=O) groups excluding carboxylic acids is 1. The van der Waals surface area contributed by atoms with Crippen molar-refractivity contribution in [3.05, 3.63) is 0 Å². The zero-order chi connectivity index (χ0) is 12.0. The van der Waals surface area contributed by atoms with E-state index in [1.165, 1.54) is 6.42 Å². The van der Waals surface area contributed by atoms with Gasteiger partial charge in [-0.15, -0.1) is 12.4 Å². The number of hydrogen-bond acceptors (Lipinski definition) is 2. The molecular weight excluding hydrogens is 236 g/mol. The number of amides is 1. The SMILES string of the molecule is CC1(C)C(C(=O)NC2CCCNC2)C1(C)C.Cl. The van der Waals surface area contributed by atoms with Crippen LogP contribution in [0.15, 0.2) is 0 Å². The van der Waals surface area contributed by atoms with Crippen LogP contribution in [0.25, 0.3) is 0 Å². The molecular formula is C13H25ClN2O. The maximum atomic E-state index is 12.2. The van der Waals surface area contributed by atoms with Gasteiger partial charge in [0, 0.05) is 18.5 Å². The molecule has 2 fully saturated rings. The zero-order valence-electron chi connectivity index (χ0n) is 11.3. The quantitative estimate of drug-likeness (QED) is 0.797. The first-order valence-corrected chi connectivity index (χ1v) is 6.38. The van der Waals surface area contributed by atoms with Gasteiger partial charge < -0.3 is 10.6 Å². The maximum Gasteiger partial charge on any atom is 0.224 e. The van der Waals surface area contributed by atoms with Crippen molar-refractivity contribution < 1.29 is 4.79 Å². The molecule has 1 heterocycles. The molecule has 4 heteroatoms. The van der Waals surface area contributed by atoms with Gasteiger partial charge in [0.25, 0.3) is 0 Å². The summed E-state index contributed by atoms with van der Waals surface area (Å²) >= 11 is 0. The summed E-state index contributed by atoms with van der Waals surface area (Å²) in [5.74, 6) is 0.436. The van der Waals surface area contributed by atoms with E-state index in [1.807, 2.05) is 0 Å². The smallest absolute Gasteiger partial charge is 0.224 e. The van der Waals surface area contributed by atoms with E-state index in [9.17, 15) is 4.79 Å². The molecule has 1 atom stereocenters. The van der Waals surface area contributed by atoms with Gasteiger partial charge in [-0.05, 0) is 30.2 Å². The first-order valence-electron chi connectivity index (χ1n) is 6.38. The van der Waals surface area contributed by atoms with Gasteiger partial charge in [-0.2, -0.15) is 0 Å². The molecule has 0 bridgehead atoms. The van der Waals surface area contributed by atoms with Crippen molar-refractivity contribution in [1.82, 2.24) is 10.6 Å². The average Bonchev–Trinajstić information content (AvgIpc) is 2.58. The average molecular weight is 261 g/mol. The fraction of sp³-hybridized carbons (Fsp3) is 0.923. The van der Waals surface area contributed by atoms with Gasteiger partial charge in [-0.25, -0.2) is 0 Å². The van der Waals surface area contributed by atoms with Gasteiger partial charge in [-0.1, -0.05) is 27.7 Å². The molecule has 0 aromatic heterocycles. The molecule has 0 spiro atoms. The Morgan fingerprint density at radius 2 is 1.82 bits per heavy atom. The Morgan fingerprint density at radius 1 is 1.24 bits per heavy atom. The lowest BCUT2D eigenvalue weighted by Crippen LogP contribution is -2.46. The molecule has 1 aliphatic carbocycles. The second kappa shape index (κ2) is 4.77. The van der Waals surface area contributed by atoms with E-state index in [-0.39, 0.29) is 35.1 Å². The first-order chi connectivity index (χ1) is 7.37. The minimum Gasteiger partial charge on any atom is -0.352 e. The highest BCUT2D eigenvalue weighted by molar-refractivity contribution is 5.85. The third-order valence-electron chi connectivity index (χ3n) is 4.93. The van der Waals surface area contributed by atoms with Crippen molar-refractivity contribution in [3.63, 3.8) is 0 Å². The van der Waals surface area contributed by atoms with Crippen molar-refractivity contribution in [1.29, 1.82) is 0 Å². The topological polar surface area (TPSA) is 41.1 Å². The molecule has 1 amide bonds. The second-order valence-electron chi connectivity index (χ2n) is 6.43. The highest BCUT2D eigenvalue weighted by atomic mass is 35.5. The monoisotopic (exact) mass is 260 g/mol. The van der Waals surface area contributed by atoms with Gasteiger partial charge >= 0.3 is 0 Å². The van der Waals surface area contributed by atoms with Crippen LogP contribution in [-0.2, 0) is 4.79 Å². The zero-order valence-corrected chi connectivity index (χ0v) is 12.1. The largest absolute Gasteiger partial charge is 0.352 e. The highest BCUT2D eigenvalue weighted by Gasteiger charge is 2.68. The Labute approximate surface area is 111 Å². The number of rotatable bonds is 2. The summed E-state index contributed by atoms with van der Waals surface area (Å²) in [7, 11) is 0. The van der Waals surface area contributed by atoms with Crippen LogP contribution >= 0.6 is 12.4 Å². The van der Waals surface area contributed by atoms with E-state index in [4.69, 9.17) is 0 Å². The van der Waals surface area contributed by atoms with Crippen LogP contribution in [-0.4, -0.2) is 25.0 Å². The predicted molar refractivity (Wildman–Crippen MR) is 72.3 cm³/mol. The second-order valence-corrected chi connectivity index (χ2v) is 6.43.